The Bertz CT molecular complexity index is 653. The van der Waals surface area contributed by atoms with Gasteiger partial charge in [0.1, 0.15) is 5.75 Å². The summed E-state index contributed by atoms with van der Waals surface area (Å²) in [6, 6.07) is 5.37. The number of aliphatic imine (C=N–C) groups is 1. The molecule has 0 heterocycles. The van der Waals surface area contributed by atoms with Gasteiger partial charge in [0.05, 0.1) is 5.56 Å². The van der Waals surface area contributed by atoms with E-state index in [1.54, 1.807) is 13.1 Å². The monoisotopic (exact) mass is 368 g/mol. The fraction of sp³-hybridized carbons (Fsp3) is 0.550. The Morgan fingerprint density at radius 2 is 2.12 bits per heavy atom. The summed E-state index contributed by atoms with van der Waals surface area (Å²) < 4.78 is 44.4. The van der Waals surface area contributed by atoms with Gasteiger partial charge < -0.3 is 10.1 Å². The molecule has 26 heavy (non-hydrogen) atoms. The van der Waals surface area contributed by atoms with Crippen LogP contribution in [0.5, 0.6) is 5.75 Å². The summed E-state index contributed by atoms with van der Waals surface area (Å²) in [7, 11) is 0. The zero-order valence-electron chi connectivity index (χ0n) is 15.6. The summed E-state index contributed by atoms with van der Waals surface area (Å²) in [5.41, 5.74) is 0.214. The van der Waals surface area contributed by atoms with Gasteiger partial charge in [-0.25, -0.2) is 4.99 Å². The first-order chi connectivity index (χ1) is 12.3. The largest absolute Gasteiger partial charge is 0.439 e. The van der Waals surface area contributed by atoms with E-state index >= 15 is 0 Å². The van der Waals surface area contributed by atoms with E-state index in [1.807, 2.05) is 6.92 Å². The van der Waals surface area contributed by atoms with Gasteiger partial charge in [0.15, 0.2) is 0 Å². The minimum atomic E-state index is -4.40. The van der Waals surface area contributed by atoms with Crippen LogP contribution in [-0.4, -0.2) is 18.8 Å². The number of nitrogens with one attached hydrogen (secondary N) is 1. The molecule has 1 aromatic carbocycles. The summed E-state index contributed by atoms with van der Waals surface area (Å²) in [6.45, 7) is 6.63. The summed E-state index contributed by atoms with van der Waals surface area (Å²) in [6.07, 6.45) is 1.43. The van der Waals surface area contributed by atoms with Crippen LogP contribution in [0.4, 0.5) is 13.2 Å². The molecule has 1 fully saturated rings. The minimum absolute atomic E-state index is 0.140. The third-order valence-corrected chi connectivity index (χ3v) is 4.65. The number of alkyl halides is 3. The van der Waals surface area contributed by atoms with Crippen LogP contribution in [0.1, 0.15) is 52.0 Å². The van der Waals surface area contributed by atoms with E-state index in [1.165, 1.54) is 18.6 Å². The predicted molar refractivity (Wildman–Crippen MR) is 98.4 cm³/mol. The highest BCUT2D eigenvalue weighted by atomic mass is 19.4. The molecule has 144 valence electrons. The molecule has 0 radical (unpaired) electrons. The van der Waals surface area contributed by atoms with E-state index < -0.39 is 11.7 Å². The fourth-order valence-corrected chi connectivity index (χ4v) is 3.17. The molecule has 3 nitrogen and oxygen atoms in total. The second-order valence-electron chi connectivity index (χ2n) is 6.77. The SMILES string of the molecule is C/C=N\C(Oc1cccc(C(F)(F)F)c1)=C(/CC)CNC1CCC(C)C1. The fourth-order valence-electron chi connectivity index (χ4n) is 3.17. The highest BCUT2D eigenvalue weighted by molar-refractivity contribution is 5.55. The third-order valence-electron chi connectivity index (χ3n) is 4.65. The number of benzene rings is 1. The number of nitrogens with zero attached hydrogens (tertiary/aromatic N) is 1. The molecule has 2 atom stereocenters. The van der Waals surface area contributed by atoms with E-state index in [2.05, 4.69) is 17.2 Å². The van der Waals surface area contributed by atoms with E-state index in [4.69, 9.17) is 4.74 Å². The van der Waals surface area contributed by atoms with Gasteiger partial charge in [-0.05, 0) is 56.7 Å². The van der Waals surface area contributed by atoms with Gasteiger partial charge in [-0.15, -0.1) is 0 Å². The zero-order valence-corrected chi connectivity index (χ0v) is 15.6. The molecular weight excluding hydrogens is 341 g/mol. The van der Waals surface area contributed by atoms with Crippen LogP contribution >= 0.6 is 0 Å². The highest BCUT2D eigenvalue weighted by Crippen LogP contribution is 2.32. The van der Waals surface area contributed by atoms with Gasteiger partial charge in [0.2, 0.25) is 5.88 Å². The second kappa shape index (κ2) is 9.21. The molecule has 0 amide bonds. The van der Waals surface area contributed by atoms with E-state index in [9.17, 15) is 13.2 Å². The van der Waals surface area contributed by atoms with Crippen molar-refractivity contribution in [2.75, 3.05) is 6.54 Å². The van der Waals surface area contributed by atoms with Crippen LogP contribution in [0.3, 0.4) is 0 Å². The lowest BCUT2D eigenvalue weighted by atomic mass is 10.1. The van der Waals surface area contributed by atoms with Crippen molar-refractivity contribution in [2.24, 2.45) is 10.9 Å². The Morgan fingerprint density at radius 1 is 1.35 bits per heavy atom. The number of halogens is 3. The molecule has 0 saturated heterocycles. The van der Waals surface area contributed by atoms with Crippen LogP contribution in [0.25, 0.3) is 0 Å². The lowest BCUT2D eigenvalue weighted by Gasteiger charge is -2.17. The Morgan fingerprint density at radius 3 is 2.69 bits per heavy atom. The number of rotatable bonds is 7. The van der Waals surface area contributed by atoms with Crippen LogP contribution in [0.15, 0.2) is 40.7 Å². The van der Waals surface area contributed by atoms with Crippen molar-refractivity contribution in [1.82, 2.24) is 5.32 Å². The molecule has 1 aromatic rings. The third kappa shape index (κ3) is 5.87. The van der Waals surface area contributed by atoms with Crippen molar-refractivity contribution in [3.63, 3.8) is 0 Å². The molecule has 2 rings (SSSR count). The Kier molecular flexibility index (Phi) is 7.26. The lowest BCUT2D eigenvalue weighted by Crippen LogP contribution is -2.29. The van der Waals surface area contributed by atoms with Gasteiger partial charge in [0.25, 0.3) is 0 Å². The Hall–Kier alpha value is -1.82. The summed E-state index contributed by atoms with van der Waals surface area (Å²) >= 11 is 0. The van der Waals surface area contributed by atoms with E-state index in [-0.39, 0.29) is 5.75 Å². The molecule has 0 bridgehead atoms. The van der Waals surface area contributed by atoms with Crippen molar-refractivity contribution < 1.29 is 17.9 Å². The molecule has 2 unspecified atom stereocenters. The minimum Gasteiger partial charge on any atom is -0.439 e. The molecule has 1 aliphatic rings. The topological polar surface area (TPSA) is 33.6 Å². The molecule has 1 saturated carbocycles. The normalized spacial score (nSPS) is 21.9. The number of ether oxygens (including phenoxy) is 1. The first-order valence-electron chi connectivity index (χ1n) is 9.12. The van der Waals surface area contributed by atoms with Gasteiger partial charge in [0, 0.05) is 24.4 Å². The van der Waals surface area contributed by atoms with Gasteiger partial charge in [-0.1, -0.05) is 19.9 Å². The lowest BCUT2D eigenvalue weighted by molar-refractivity contribution is -0.137. The highest BCUT2D eigenvalue weighted by Gasteiger charge is 2.30. The summed E-state index contributed by atoms with van der Waals surface area (Å²) in [4.78, 5) is 4.25. The molecule has 1 aliphatic carbocycles. The van der Waals surface area contributed by atoms with Gasteiger partial charge >= 0.3 is 6.18 Å². The summed E-state index contributed by atoms with van der Waals surface area (Å²) in [5, 5.41) is 3.53. The maximum absolute atomic E-state index is 12.9. The van der Waals surface area contributed by atoms with Crippen LogP contribution in [0.2, 0.25) is 0 Å². The number of hydrogen-bond donors (Lipinski definition) is 1. The molecule has 1 N–H and O–H groups in total. The molecule has 0 aliphatic heterocycles. The van der Waals surface area contributed by atoms with Crippen LogP contribution < -0.4 is 10.1 Å². The quantitative estimate of drug-likeness (QED) is 0.504. The van der Waals surface area contributed by atoms with Crippen molar-refractivity contribution in [1.29, 1.82) is 0 Å². The maximum atomic E-state index is 12.9. The average Bonchev–Trinajstić information content (AvgIpc) is 3.00. The average molecular weight is 368 g/mol. The van der Waals surface area contributed by atoms with Crippen molar-refractivity contribution in [3.8, 4) is 5.75 Å². The first-order valence-corrected chi connectivity index (χ1v) is 9.12. The first kappa shape index (κ1) is 20.5. The van der Waals surface area contributed by atoms with E-state index in [0.29, 0.717) is 24.9 Å². The van der Waals surface area contributed by atoms with Crippen molar-refractivity contribution in [3.05, 3.63) is 41.3 Å². The maximum Gasteiger partial charge on any atom is 0.416 e. The molecule has 0 spiro atoms. The van der Waals surface area contributed by atoms with E-state index in [0.717, 1.165) is 36.5 Å². The molecule has 0 aromatic heterocycles. The standard InChI is InChI=1S/C20H27F3N2O/c1-4-15(13-25-17-10-9-14(3)11-17)19(24-5-2)26-18-8-6-7-16(12-18)20(21,22)23/h5-8,12,14,17,25H,4,9-11,13H2,1-3H3/b19-15-,24-5-. The molecular formula is C20H27F3N2O. The molecule has 6 heteroatoms. The van der Waals surface area contributed by atoms with Crippen molar-refractivity contribution in [2.45, 2.75) is 58.7 Å². The Balaban J connectivity index is 2.15. The van der Waals surface area contributed by atoms with Crippen LogP contribution in [0, 0.1) is 5.92 Å². The Labute approximate surface area is 153 Å². The van der Waals surface area contributed by atoms with Gasteiger partial charge in [-0.3, -0.25) is 0 Å². The van der Waals surface area contributed by atoms with Crippen molar-refractivity contribution >= 4 is 6.21 Å². The zero-order chi connectivity index (χ0) is 19.2. The number of hydrogen-bond acceptors (Lipinski definition) is 3. The van der Waals surface area contributed by atoms with Crippen LogP contribution in [-0.2, 0) is 6.18 Å². The second-order valence-corrected chi connectivity index (χ2v) is 6.77. The summed E-state index contributed by atoms with van der Waals surface area (Å²) in [5.74, 6) is 1.24. The smallest absolute Gasteiger partial charge is 0.416 e. The van der Waals surface area contributed by atoms with Gasteiger partial charge in [-0.2, -0.15) is 13.2 Å². The predicted octanol–water partition coefficient (Wildman–Crippen LogP) is 5.57.